The van der Waals surface area contributed by atoms with Gasteiger partial charge in [-0.1, -0.05) is 0 Å². The van der Waals surface area contributed by atoms with Gasteiger partial charge in [0.05, 0.1) is 0 Å². The first-order valence-electron chi connectivity index (χ1n) is 6.52. The summed E-state index contributed by atoms with van der Waals surface area (Å²) in [4.78, 5) is 20.9. The van der Waals surface area contributed by atoms with E-state index < -0.39 is 6.03 Å². The molecule has 0 spiro atoms. The Bertz CT molecular complexity index is 696. The second-order valence-corrected chi connectivity index (χ2v) is 4.84. The highest BCUT2D eigenvalue weighted by Crippen LogP contribution is 2.32. The number of hydrogen-bond acceptors (Lipinski definition) is 5. The molecule has 7 heteroatoms. The molecule has 108 valence electrons. The molecule has 0 saturated carbocycles. The van der Waals surface area contributed by atoms with Crippen LogP contribution in [0.2, 0.25) is 0 Å². The van der Waals surface area contributed by atoms with Crippen LogP contribution in [0, 0.1) is 6.92 Å². The summed E-state index contributed by atoms with van der Waals surface area (Å²) >= 11 is 0. The summed E-state index contributed by atoms with van der Waals surface area (Å²) in [5.41, 5.74) is 13.5. The zero-order valence-corrected chi connectivity index (χ0v) is 11.5. The number of rotatable bonds is 2. The standard InChI is InChI=1S/C14H15N5O2/c1-8-6-12(18-13(15)17-8)21-10-2-3-11-9(7-10)4-5-19(11)14(16)20/h2-3,6-7H,4-5H2,1H3,(H2,16,20)(H2,15,17,18). The van der Waals surface area contributed by atoms with Gasteiger partial charge < -0.3 is 16.2 Å². The van der Waals surface area contributed by atoms with Gasteiger partial charge in [-0.25, -0.2) is 9.78 Å². The first-order valence-corrected chi connectivity index (χ1v) is 6.52. The van der Waals surface area contributed by atoms with Gasteiger partial charge in [0.2, 0.25) is 11.8 Å². The highest BCUT2D eigenvalue weighted by molar-refractivity contribution is 5.93. The van der Waals surface area contributed by atoms with Gasteiger partial charge in [0, 0.05) is 24.0 Å². The van der Waals surface area contributed by atoms with Crippen LogP contribution in [0.15, 0.2) is 24.3 Å². The van der Waals surface area contributed by atoms with Gasteiger partial charge in [-0.05, 0) is 37.1 Å². The Morgan fingerprint density at radius 2 is 2.14 bits per heavy atom. The molecular formula is C14H15N5O2. The number of hydrogen-bond donors (Lipinski definition) is 2. The van der Waals surface area contributed by atoms with E-state index in [9.17, 15) is 4.79 Å². The molecular weight excluding hydrogens is 270 g/mol. The van der Waals surface area contributed by atoms with E-state index in [4.69, 9.17) is 16.2 Å². The number of fused-ring (bicyclic) bond motifs is 1. The molecule has 2 amide bonds. The monoisotopic (exact) mass is 285 g/mol. The quantitative estimate of drug-likeness (QED) is 0.871. The van der Waals surface area contributed by atoms with Crippen molar-refractivity contribution in [1.82, 2.24) is 9.97 Å². The lowest BCUT2D eigenvalue weighted by Crippen LogP contribution is -2.33. The van der Waals surface area contributed by atoms with Crippen molar-refractivity contribution in [2.45, 2.75) is 13.3 Å². The average molecular weight is 285 g/mol. The predicted octanol–water partition coefficient (Wildman–Crippen LogP) is 1.60. The molecule has 0 bridgehead atoms. The fraction of sp³-hybridized carbons (Fsp3) is 0.214. The van der Waals surface area contributed by atoms with Crippen molar-refractivity contribution in [3.05, 3.63) is 35.5 Å². The molecule has 0 atom stereocenters. The summed E-state index contributed by atoms with van der Waals surface area (Å²) in [5, 5.41) is 0. The number of nitrogens with two attached hydrogens (primary N) is 2. The van der Waals surface area contributed by atoms with Gasteiger partial charge in [0.1, 0.15) is 5.75 Å². The first-order chi connectivity index (χ1) is 10.0. The number of urea groups is 1. The van der Waals surface area contributed by atoms with E-state index in [1.165, 1.54) is 0 Å². The second-order valence-electron chi connectivity index (χ2n) is 4.84. The summed E-state index contributed by atoms with van der Waals surface area (Å²) in [6, 6.07) is 6.74. The molecule has 0 radical (unpaired) electrons. The Morgan fingerprint density at radius 3 is 2.86 bits per heavy atom. The minimum Gasteiger partial charge on any atom is -0.439 e. The third-order valence-corrected chi connectivity index (χ3v) is 3.28. The Morgan fingerprint density at radius 1 is 1.33 bits per heavy atom. The number of carbonyl (C=O) groups is 1. The highest BCUT2D eigenvalue weighted by Gasteiger charge is 2.23. The van der Waals surface area contributed by atoms with Gasteiger partial charge in [-0.3, -0.25) is 4.90 Å². The molecule has 1 aromatic heterocycles. The zero-order chi connectivity index (χ0) is 15.0. The van der Waals surface area contributed by atoms with Crippen LogP contribution in [-0.4, -0.2) is 22.5 Å². The SMILES string of the molecule is Cc1cc(Oc2ccc3c(c2)CCN3C(N)=O)nc(N)n1. The molecule has 0 saturated heterocycles. The fourth-order valence-corrected chi connectivity index (χ4v) is 2.41. The molecule has 0 aliphatic carbocycles. The smallest absolute Gasteiger partial charge is 0.319 e. The van der Waals surface area contributed by atoms with Crippen molar-refractivity contribution in [2.24, 2.45) is 5.73 Å². The molecule has 1 aliphatic heterocycles. The molecule has 7 nitrogen and oxygen atoms in total. The van der Waals surface area contributed by atoms with Gasteiger partial charge in [0.25, 0.3) is 0 Å². The van der Waals surface area contributed by atoms with Crippen LogP contribution in [0.4, 0.5) is 16.4 Å². The van der Waals surface area contributed by atoms with E-state index >= 15 is 0 Å². The number of amides is 2. The Labute approximate surface area is 121 Å². The van der Waals surface area contributed by atoms with Crippen LogP contribution in [0.1, 0.15) is 11.3 Å². The molecule has 0 fully saturated rings. The summed E-state index contributed by atoms with van der Waals surface area (Å²) in [6.45, 7) is 2.41. The van der Waals surface area contributed by atoms with E-state index in [1.54, 1.807) is 17.0 Å². The Hall–Kier alpha value is -2.83. The largest absolute Gasteiger partial charge is 0.439 e. The van der Waals surface area contributed by atoms with E-state index in [-0.39, 0.29) is 5.95 Å². The van der Waals surface area contributed by atoms with Crippen LogP contribution in [0.3, 0.4) is 0 Å². The number of carbonyl (C=O) groups excluding carboxylic acids is 1. The van der Waals surface area contributed by atoms with Gasteiger partial charge in [-0.15, -0.1) is 0 Å². The average Bonchev–Trinajstić information content (AvgIpc) is 2.80. The number of benzene rings is 1. The minimum atomic E-state index is -0.443. The Kier molecular flexibility index (Phi) is 3.09. The van der Waals surface area contributed by atoms with Crippen molar-refractivity contribution < 1.29 is 9.53 Å². The summed E-state index contributed by atoms with van der Waals surface area (Å²) in [6.07, 6.45) is 0.750. The molecule has 3 rings (SSSR count). The highest BCUT2D eigenvalue weighted by atomic mass is 16.5. The number of nitrogen functional groups attached to an aromatic ring is 1. The van der Waals surface area contributed by atoms with E-state index in [1.807, 2.05) is 19.1 Å². The zero-order valence-electron chi connectivity index (χ0n) is 11.5. The Balaban J connectivity index is 1.87. The molecule has 2 aromatic rings. The third kappa shape index (κ3) is 2.58. The van der Waals surface area contributed by atoms with Crippen molar-refractivity contribution in [1.29, 1.82) is 0 Å². The molecule has 0 unspecified atom stereocenters. The minimum absolute atomic E-state index is 0.172. The molecule has 2 heterocycles. The number of ether oxygens (including phenoxy) is 1. The van der Waals surface area contributed by atoms with Crippen LogP contribution in [0.25, 0.3) is 0 Å². The molecule has 1 aliphatic rings. The predicted molar refractivity (Wildman–Crippen MR) is 78.3 cm³/mol. The van der Waals surface area contributed by atoms with Gasteiger partial charge in [0.15, 0.2) is 0 Å². The number of aryl methyl sites for hydroxylation is 1. The van der Waals surface area contributed by atoms with Crippen LogP contribution >= 0.6 is 0 Å². The summed E-state index contributed by atoms with van der Waals surface area (Å²) in [5.74, 6) is 1.20. The third-order valence-electron chi connectivity index (χ3n) is 3.28. The lowest BCUT2D eigenvalue weighted by molar-refractivity contribution is 0.254. The van der Waals surface area contributed by atoms with E-state index in [2.05, 4.69) is 9.97 Å². The normalized spacial score (nSPS) is 13.1. The van der Waals surface area contributed by atoms with E-state index in [0.717, 1.165) is 23.4 Å². The second kappa shape index (κ2) is 4.93. The lowest BCUT2D eigenvalue weighted by atomic mass is 10.1. The number of anilines is 2. The van der Waals surface area contributed by atoms with Crippen LogP contribution in [-0.2, 0) is 6.42 Å². The molecule has 1 aromatic carbocycles. The first kappa shape index (κ1) is 13.2. The van der Waals surface area contributed by atoms with Gasteiger partial charge in [-0.2, -0.15) is 4.98 Å². The van der Waals surface area contributed by atoms with E-state index in [0.29, 0.717) is 18.2 Å². The summed E-state index contributed by atoms with van der Waals surface area (Å²) in [7, 11) is 0. The van der Waals surface area contributed by atoms with Crippen LogP contribution in [0.5, 0.6) is 11.6 Å². The molecule has 21 heavy (non-hydrogen) atoms. The van der Waals surface area contributed by atoms with Gasteiger partial charge >= 0.3 is 6.03 Å². The molecule has 4 N–H and O–H groups in total. The maximum absolute atomic E-state index is 11.3. The summed E-state index contributed by atoms with van der Waals surface area (Å²) < 4.78 is 5.70. The van der Waals surface area contributed by atoms with Crippen molar-refractivity contribution >= 4 is 17.7 Å². The maximum atomic E-state index is 11.3. The van der Waals surface area contributed by atoms with Crippen LogP contribution < -0.4 is 21.1 Å². The fourth-order valence-electron chi connectivity index (χ4n) is 2.41. The van der Waals surface area contributed by atoms with Crippen molar-refractivity contribution in [3.8, 4) is 11.6 Å². The van der Waals surface area contributed by atoms with Crippen molar-refractivity contribution in [2.75, 3.05) is 17.2 Å². The number of primary amides is 1. The maximum Gasteiger partial charge on any atom is 0.319 e. The number of nitrogens with zero attached hydrogens (tertiary/aromatic N) is 3. The van der Waals surface area contributed by atoms with Crippen molar-refractivity contribution in [3.63, 3.8) is 0 Å². The lowest BCUT2D eigenvalue weighted by Gasteiger charge is -2.14. The number of aromatic nitrogens is 2. The topological polar surface area (TPSA) is 107 Å².